The summed E-state index contributed by atoms with van der Waals surface area (Å²) < 4.78 is 5.17. The van der Waals surface area contributed by atoms with E-state index in [1.165, 1.54) is 12.5 Å². The van der Waals surface area contributed by atoms with Crippen LogP contribution in [0.5, 0.6) is 5.75 Å². The third-order valence-corrected chi connectivity index (χ3v) is 5.15. The fourth-order valence-corrected chi connectivity index (χ4v) is 3.86. The van der Waals surface area contributed by atoms with Gasteiger partial charge in [-0.15, -0.1) is 0 Å². The Labute approximate surface area is 166 Å². The number of hydrogen-bond donors (Lipinski definition) is 1. The van der Waals surface area contributed by atoms with E-state index in [4.69, 9.17) is 4.74 Å². The second kappa shape index (κ2) is 9.02. The Kier molecular flexibility index (Phi) is 6.47. The molecule has 1 heterocycles. The van der Waals surface area contributed by atoms with Crippen molar-refractivity contribution in [3.8, 4) is 5.75 Å². The molecule has 0 saturated carbocycles. The quantitative estimate of drug-likeness (QED) is 0.617. The number of ether oxygens (including phenoxy) is 1. The number of para-hydroxylation sites is 1. The molecule has 148 valence electrons. The van der Waals surface area contributed by atoms with Crippen LogP contribution in [0.2, 0.25) is 0 Å². The lowest BCUT2D eigenvalue weighted by Gasteiger charge is -2.34. The number of amides is 1. The number of nitrogens with one attached hydrogen (secondary N) is 1. The third kappa shape index (κ3) is 4.78. The topological polar surface area (TPSA) is 58.6 Å². The van der Waals surface area contributed by atoms with E-state index in [0.717, 1.165) is 36.3 Å². The normalized spacial score (nSPS) is 15.8. The van der Waals surface area contributed by atoms with Crippen molar-refractivity contribution in [1.82, 2.24) is 5.32 Å². The Morgan fingerprint density at radius 1 is 1.21 bits per heavy atom. The molecule has 3 rings (SSSR count). The number of nitrogens with zero attached hydrogens (tertiary/aromatic N) is 1. The van der Waals surface area contributed by atoms with Crippen LogP contribution in [0.15, 0.2) is 42.5 Å². The highest BCUT2D eigenvalue weighted by Gasteiger charge is 2.27. The molecule has 28 heavy (non-hydrogen) atoms. The molecule has 0 spiro atoms. The standard InChI is InChI=1S/C23H28N2O3/c1-16-12-18(8-10-22(16)28-17(2)26)9-11-23(27)25-15-19(14-24-3)13-20-6-4-5-7-21(20)25/h4-8,10,12,19,24H,9,11,13-15H2,1-3H3. The summed E-state index contributed by atoms with van der Waals surface area (Å²) in [5.74, 6) is 0.817. The van der Waals surface area contributed by atoms with Crippen molar-refractivity contribution < 1.29 is 14.3 Å². The maximum absolute atomic E-state index is 13.0. The molecule has 2 aromatic rings. The maximum Gasteiger partial charge on any atom is 0.308 e. The summed E-state index contributed by atoms with van der Waals surface area (Å²) in [5, 5.41) is 3.24. The Morgan fingerprint density at radius 2 is 2.00 bits per heavy atom. The van der Waals surface area contributed by atoms with Crippen LogP contribution in [0.1, 0.15) is 30.0 Å². The molecule has 2 aromatic carbocycles. The highest BCUT2D eigenvalue weighted by molar-refractivity contribution is 5.94. The average molecular weight is 380 g/mol. The molecule has 0 fully saturated rings. The lowest BCUT2D eigenvalue weighted by Crippen LogP contribution is -2.42. The smallest absolute Gasteiger partial charge is 0.308 e. The number of esters is 1. The summed E-state index contributed by atoms with van der Waals surface area (Å²) in [4.78, 5) is 26.1. The number of fused-ring (bicyclic) bond motifs is 1. The van der Waals surface area contributed by atoms with Crippen LogP contribution < -0.4 is 15.0 Å². The minimum Gasteiger partial charge on any atom is -0.426 e. The van der Waals surface area contributed by atoms with Crippen molar-refractivity contribution in [3.63, 3.8) is 0 Å². The van der Waals surface area contributed by atoms with Gasteiger partial charge in [0, 0.05) is 25.6 Å². The highest BCUT2D eigenvalue weighted by atomic mass is 16.5. The van der Waals surface area contributed by atoms with E-state index in [1.54, 1.807) is 6.07 Å². The van der Waals surface area contributed by atoms with Crippen molar-refractivity contribution in [2.24, 2.45) is 5.92 Å². The minimum absolute atomic E-state index is 0.148. The second-order valence-electron chi connectivity index (χ2n) is 7.45. The van der Waals surface area contributed by atoms with Crippen molar-refractivity contribution in [3.05, 3.63) is 59.2 Å². The minimum atomic E-state index is -0.328. The van der Waals surface area contributed by atoms with Crippen LogP contribution in [0.25, 0.3) is 0 Å². The Bertz CT molecular complexity index is 863. The van der Waals surface area contributed by atoms with Gasteiger partial charge in [-0.25, -0.2) is 0 Å². The SMILES string of the molecule is CNCC1Cc2ccccc2N(C(=O)CCc2ccc(OC(C)=O)c(C)c2)C1. The van der Waals surface area contributed by atoms with Gasteiger partial charge >= 0.3 is 5.97 Å². The largest absolute Gasteiger partial charge is 0.426 e. The lowest BCUT2D eigenvalue weighted by atomic mass is 9.92. The molecule has 1 amide bonds. The van der Waals surface area contributed by atoms with Crippen molar-refractivity contribution in [2.45, 2.75) is 33.1 Å². The molecule has 1 aliphatic rings. The van der Waals surface area contributed by atoms with Gasteiger partial charge in [-0.3, -0.25) is 9.59 Å². The van der Waals surface area contributed by atoms with Crippen molar-refractivity contribution in [2.75, 3.05) is 25.0 Å². The molecular weight excluding hydrogens is 352 g/mol. The van der Waals surface area contributed by atoms with Gasteiger partial charge in [0.1, 0.15) is 5.75 Å². The number of carbonyl (C=O) groups is 2. The van der Waals surface area contributed by atoms with E-state index in [1.807, 2.05) is 49.2 Å². The van der Waals surface area contributed by atoms with Crippen molar-refractivity contribution in [1.29, 1.82) is 0 Å². The molecule has 1 aliphatic heterocycles. The molecule has 0 bridgehead atoms. The first-order valence-electron chi connectivity index (χ1n) is 9.78. The van der Waals surface area contributed by atoms with Crippen LogP contribution in [0.3, 0.4) is 0 Å². The molecule has 5 nitrogen and oxygen atoms in total. The number of benzene rings is 2. The molecule has 1 unspecified atom stereocenters. The van der Waals surface area contributed by atoms with Crippen molar-refractivity contribution >= 4 is 17.6 Å². The van der Waals surface area contributed by atoms with E-state index >= 15 is 0 Å². The molecule has 5 heteroatoms. The number of hydrogen-bond acceptors (Lipinski definition) is 4. The van der Waals surface area contributed by atoms with E-state index in [-0.39, 0.29) is 11.9 Å². The van der Waals surface area contributed by atoms with Crippen LogP contribution >= 0.6 is 0 Å². The van der Waals surface area contributed by atoms with Crippen LogP contribution in [0.4, 0.5) is 5.69 Å². The Balaban J connectivity index is 1.69. The fourth-order valence-electron chi connectivity index (χ4n) is 3.86. The summed E-state index contributed by atoms with van der Waals surface area (Å²) in [6.45, 7) is 4.95. The molecule has 1 N–H and O–H groups in total. The van der Waals surface area contributed by atoms with E-state index in [2.05, 4.69) is 11.4 Å². The highest BCUT2D eigenvalue weighted by Crippen LogP contribution is 2.30. The Morgan fingerprint density at radius 3 is 2.71 bits per heavy atom. The van der Waals surface area contributed by atoms with Gasteiger partial charge < -0.3 is 15.0 Å². The first-order valence-corrected chi connectivity index (χ1v) is 9.78. The molecule has 0 saturated heterocycles. The summed E-state index contributed by atoms with van der Waals surface area (Å²) in [5.41, 5.74) is 4.25. The molecule has 1 atom stereocenters. The molecule has 0 aromatic heterocycles. The first-order chi connectivity index (χ1) is 13.5. The average Bonchev–Trinajstić information content (AvgIpc) is 2.67. The third-order valence-electron chi connectivity index (χ3n) is 5.15. The van der Waals surface area contributed by atoms with Gasteiger partial charge in [0.25, 0.3) is 0 Å². The molecule has 0 aliphatic carbocycles. The second-order valence-corrected chi connectivity index (χ2v) is 7.45. The Hall–Kier alpha value is -2.66. The summed E-state index contributed by atoms with van der Waals surface area (Å²) in [7, 11) is 1.95. The number of carbonyl (C=O) groups excluding carboxylic acids is 2. The summed E-state index contributed by atoms with van der Waals surface area (Å²) >= 11 is 0. The predicted molar refractivity (Wildman–Crippen MR) is 111 cm³/mol. The summed E-state index contributed by atoms with van der Waals surface area (Å²) in [6, 6.07) is 13.9. The van der Waals surface area contributed by atoms with E-state index < -0.39 is 0 Å². The van der Waals surface area contributed by atoms with Crippen LogP contribution in [0, 0.1) is 12.8 Å². The molecular formula is C23H28N2O3. The lowest BCUT2D eigenvalue weighted by molar-refractivity contribution is -0.131. The van der Waals surface area contributed by atoms with Gasteiger partial charge in [0.15, 0.2) is 0 Å². The van der Waals surface area contributed by atoms with Gasteiger partial charge in [-0.2, -0.15) is 0 Å². The summed E-state index contributed by atoms with van der Waals surface area (Å²) in [6.07, 6.45) is 2.11. The zero-order valence-corrected chi connectivity index (χ0v) is 16.8. The molecule has 0 radical (unpaired) electrons. The zero-order chi connectivity index (χ0) is 20.1. The fraction of sp³-hybridized carbons (Fsp3) is 0.391. The van der Waals surface area contributed by atoms with Crippen LogP contribution in [-0.4, -0.2) is 32.0 Å². The van der Waals surface area contributed by atoms with E-state index in [9.17, 15) is 9.59 Å². The number of rotatable bonds is 6. The van der Waals surface area contributed by atoms with Gasteiger partial charge in [0.05, 0.1) is 0 Å². The maximum atomic E-state index is 13.0. The van der Waals surface area contributed by atoms with E-state index in [0.29, 0.717) is 24.5 Å². The van der Waals surface area contributed by atoms with Gasteiger partial charge in [-0.05, 0) is 68.1 Å². The zero-order valence-electron chi connectivity index (χ0n) is 16.8. The van der Waals surface area contributed by atoms with Gasteiger partial charge in [-0.1, -0.05) is 30.3 Å². The first kappa shape index (κ1) is 20.1. The predicted octanol–water partition coefficient (Wildman–Crippen LogP) is 3.28. The monoisotopic (exact) mass is 380 g/mol. The van der Waals surface area contributed by atoms with Crippen LogP contribution in [-0.2, 0) is 22.4 Å². The van der Waals surface area contributed by atoms with Gasteiger partial charge in [0.2, 0.25) is 5.91 Å². The number of aryl methyl sites for hydroxylation is 2. The number of anilines is 1.